The maximum Gasteiger partial charge on any atom is 0.317 e. The highest BCUT2D eigenvalue weighted by Crippen LogP contribution is 2.19. The second kappa shape index (κ2) is 9.18. The lowest BCUT2D eigenvalue weighted by Gasteiger charge is -2.35. The molecule has 1 unspecified atom stereocenters. The fourth-order valence-corrected chi connectivity index (χ4v) is 2.48. The molecular weight excluding hydrogens is 240 g/mol. The zero-order valence-electron chi connectivity index (χ0n) is 12.8. The molecule has 1 heterocycles. The van der Waals surface area contributed by atoms with Gasteiger partial charge in [-0.05, 0) is 38.0 Å². The van der Waals surface area contributed by atoms with Gasteiger partial charge in [0.25, 0.3) is 0 Å². The first kappa shape index (κ1) is 16.3. The lowest BCUT2D eigenvalue weighted by molar-refractivity contribution is 0.107. The SMILES string of the molecule is CCC1CCCCN1C(=O)NCCCOCC(C)C. The number of ether oxygens (including phenoxy) is 1. The summed E-state index contributed by atoms with van der Waals surface area (Å²) in [6.07, 6.45) is 5.50. The average molecular weight is 270 g/mol. The van der Waals surface area contributed by atoms with E-state index >= 15 is 0 Å². The van der Waals surface area contributed by atoms with Crippen LogP contribution in [-0.2, 0) is 4.74 Å². The number of nitrogens with zero attached hydrogens (tertiary/aromatic N) is 1. The standard InChI is InChI=1S/C15H30N2O2/c1-4-14-8-5-6-10-17(14)15(18)16-9-7-11-19-12-13(2)3/h13-14H,4-12H2,1-3H3,(H,16,18). The van der Waals surface area contributed by atoms with E-state index in [4.69, 9.17) is 4.74 Å². The summed E-state index contributed by atoms with van der Waals surface area (Å²) in [4.78, 5) is 14.1. The van der Waals surface area contributed by atoms with E-state index in [9.17, 15) is 4.79 Å². The summed E-state index contributed by atoms with van der Waals surface area (Å²) in [6.45, 7) is 9.60. The molecule has 1 saturated heterocycles. The minimum atomic E-state index is 0.107. The van der Waals surface area contributed by atoms with Crippen molar-refractivity contribution >= 4 is 6.03 Å². The summed E-state index contributed by atoms with van der Waals surface area (Å²) in [5.41, 5.74) is 0. The summed E-state index contributed by atoms with van der Waals surface area (Å²) in [5.74, 6) is 0.577. The van der Waals surface area contributed by atoms with Crippen molar-refractivity contribution in [3.8, 4) is 0 Å². The minimum Gasteiger partial charge on any atom is -0.381 e. The normalized spacial score (nSPS) is 19.8. The summed E-state index contributed by atoms with van der Waals surface area (Å²) in [5, 5.41) is 3.01. The first-order valence-corrected chi connectivity index (χ1v) is 7.77. The van der Waals surface area contributed by atoms with E-state index in [2.05, 4.69) is 26.1 Å². The van der Waals surface area contributed by atoms with E-state index in [0.717, 1.165) is 45.4 Å². The molecule has 1 N–H and O–H groups in total. The molecule has 4 nitrogen and oxygen atoms in total. The monoisotopic (exact) mass is 270 g/mol. The molecular formula is C15H30N2O2. The summed E-state index contributed by atoms with van der Waals surface area (Å²) >= 11 is 0. The second-order valence-electron chi connectivity index (χ2n) is 5.81. The molecule has 2 amide bonds. The third kappa shape index (κ3) is 6.28. The molecule has 1 fully saturated rings. The van der Waals surface area contributed by atoms with Crippen LogP contribution in [0.25, 0.3) is 0 Å². The van der Waals surface area contributed by atoms with Gasteiger partial charge in [0.1, 0.15) is 0 Å². The van der Waals surface area contributed by atoms with E-state index in [0.29, 0.717) is 18.5 Å². The van der Waals surface area contributed by atoms with Crippen LogP contribution in [0.5, 0.6) is 0 Å². The van der Waals surface area contributed by atoms with Crippen LogP contribution in [0.4, 0.5) is 4.79 Å². The van der Waals surface area contributed by atoms with Crippen LogP contribution in [0.2, 0.25) is 0 Å². The topological polar surface area (TPSA) is 41.6 Å². The molecule has 0 aromatic rings. The molecule has 112 valence electrons. The lowest BCUT2D eigenvalue weighted by Crippen LogP contribution is -2.48. The average Bonchev–Trinajstić information content (AvgIpc) is 2.42. The molecule has 1 rings (SSSR count). The molecule has 1 aliphatic heterocycles. The van der Waals surface area contributed by atoms with Gasteiger partial charge in [-0.15, -0.1) is 0 Å². The molecule has 0 aliphatic carbocycles. The van der Waals surface area contributed by atoms with Crippen molar-refractivity contribution in [2.45, 2.75) is 58.9 Å². The number of nitrogens with one attached hydrogen (secondary N) is 1. The van der Waals surface area contributed by atoms with E-state index in [1.165, 1.54) is 6.42 Å². The molecule has 0 aromatic carbocycles. The van der Waals surface area contributed by atoms with Gasteiger partial charge in [-0.3, -0.25) is 0 Å². The zero-order valence-corrected chi connectivity index (χ0v) is 12.8. The van der Waals surface area contributed by atoms with E-state index in [1.807, 2.05) is 4.90 Å². The highest BCUT2D eigenvalue weighted by atomic mass is 16.5. The Morgan fingerprint density at radius 1 is 1.42 bits per heavy atom. The van der Waals surface area contributed by atoms with E-state index in [1.54, 1.807) is 0 Å². The molecule has 1 atom stereocenters. The molecule has 0 spiro atoms. The number of amides is 2. The van der Waals surface area contributed by atoms with Crippen molar-refractivity contribution in [2.75, 3.05) is 26.3 Å². The van der Waals surface area contributed by atoms with Crippen molar-refractivity contribution in [2.24, 2.45) is 5.92 Å². The number of carbonyl (C=O) groups excluding carboxylic acids is 1. The lowest BCUT2D eigenvalue weighted by atomic mass is 10.0. The highest BCUT2D eigenvalue weighted by molar-refractivity contribution is 5.74. The Balaban J connectivity index is 2.12. The number of carbonyl (C=O) groups is 1. The maximum atomic E-state index is 12.1. The van der Waals surface area contributed by atoms with Gasteiger partial charge < -0.3 is 15.0 Å². The van der Waals surface area contributed by atoms with Gasteiger partial charge >= 0.3 is 6.03 Å². The van der Waals surface area contributed by atoms with Crippen molar-refractivity contribution in [3.63, 3.8) is 0 Å². The van der Waals surface area contributed by atoms with Gasteiger partial charge in [-0.25, -0.2) is 4.79 Å². The first-order chi connectivity index (χ1) is 9.15. The van der Waals surface area contributed by atoms with Crippen LogP contribution in [0.1, 0.15) is 52.9 Å². The Hall–Kier alpha value is -0.770. The van der Waals surface area contributed by atoms with Gasteiger partial charge in [-0.2, -0.15) is 0 Å². The van der Waals surface area contributed by atoms with Crippen molar-refractivity contribution in [1.82, 2.24) is 10.2 Å². The predicted molar refractivity (Wildman–Crippen MR) is 78.3 cm³/mol. The van der Waals surface area contributed by atoms with Crippen LogP contribution >= 0.6 is 0 Å². The fraction of sp³-hybridized carbons (Fsp3) is 0.933. The van der Waals surface area contributed by atoms with Crippen LogP contribution in [0, 0.1) is 5.92 Å². The molecule has 4 heteroatoms. The van der Waals surface area contributed by atoms with Gasteiger partial charge in [0.2, 0.25) is 0 Å². The first-order valence-electron chi connectivity index (χ1n) is 7.77. The Kier molecular flexibility index (Phi) is 7.87. The highest BCUT2D eigenvalue weighted by Gasteiger charge is 2.24. The van der Waals surface area contributed by atoms with Crippen LogP contribution < -0.4 is 5.32 Å². The van der Waals surface area contributed by atoms with Crippen LogP contribution in [0.3, 0.4) is 0 Å². The largest absolute Gasteiger partial charge is 0.381 e. The summed E-state index contributed by atoms with van der Waals surface area (Å²) in [6, 6.07) is 0.543. The number of rotatable bonds is 7. The predicted octanol–water partition coefficient (Wildman–Crippen LogP) is 3.02. The second-order valence-corrected chi connectivity index (χ2v) is 5.81. The number of likely N-dealkylation sites (tertiary alicyclic amines) is 1. The summed E-state index contributed by atoms with van der Waals surface area (Å²) < 4.78 is 5.50. The van der Waals surface area contributed by atoms with Gasteiger partial charge in [-0.1, -0.05) is 20.8 Å². The summed E-state index contributed by atoms with van der Waals surface area (Å²) in [7, 11) is 0. The zero-order chi connectivity index (χ0) is 14.1. The van der Waals surface area contributed by atoms with Gasteiger partial charge in [0, 0.05) is 32.3 Å². The molecule has 0 saturated carbocycles. The van der Waals surface area contributed by atoms with Crippen molar-refractivity contribution < 1.29 is 9.53 Å². The van der Waals surface area contributed by atoms with E-state index in [-0.39, 0.29) is 6.03 Å². The molecule has 0 aromatic heterocycles. The maximum absolute atomic E-state index is 12.1. The van der Waals surface area contributed by atoms with Gasteiger partial charge in [0.15, 0.2) is 0 Å². The van der Waals surface area contributed by atoms with Crippen LogP contribution in [-0.4, -0.2) is 43.3 Å². The van der Waals surface area contributed by atoms with Crippen molar-refractivity contribution in [3.05, 3.63) is 0 Å². The van der Waals surface area contributed by atoms with E-state index < -0.39 is 0 Å². The van der Waals surface area contributed by atoms with Crippen molar-refractivity contribution in [1.29, 1.82) is 0 Å². The molecule has 0 radical (unpaired) electrons. The number of piperidine rings is 1. The Labute approximate surface area is 117 Å². The third-order valence-electron chi connectivity index (χ3n) is 3.55. The minimum absolute atomic E-state index is 0.107. The van der Waals surface area contributed by atoms with Crippen LogP contribution in [0.15, 0.2) is 0 Å². The third-order valence-corrected chi connectivity index (χ3v) is 3.55. The number of hydrogen-bond donors (Lipinski definition) is 1. The molecule has 19 heavy (non-hydrogen) atoms. The Morgan fingerprint density at radius 2 is 2.21 bits per heavy atom. The molecule has 1 aliphatic rings. The fourth-order valence-electron chi connectivity index (χ4n) is 2.48. The number of hydrogen-bond acceptors (Lipinski definition) is 2. The Bertz CT molecular complexity index is 257. The smallest absolute Gasteiger partial charge is 0.317 e. The van der Waals surface area contributed by atoms with Gasteiger partial charge in [0.05, 0.1) is 0 Å². The number of urea groups is 1. The quantitative estimate of drug-likeness (QED) is 0.722. The molecule has 0 bridgehead atoms. The Morgan fingerprint density at radius 3 is 2.89 bits per heavy atom.